The van der Waals surface area contributed by atoms with E-state index in [1.54, 1.807) is 50.2 Å². The fourth-order valence-electron chi connectivity index (χ4n) is 3.56. The van der Waals surface area contributed by atoms with Gasteiger partial charge in [-0.2, -0.15) is 0 Å². The summed E-state index contributed by atoms with van der Waals surface area (Å²) in [6, 6.07) is 17.0. The molecule has 176 valence electrons. The molecule has 0 aliphatic heterocycles. The van der Waals surface area contributed by atoms with Crippen molar-refractivity contribution in [2.75, 3.05) is 11.9 Å². The number of para-hydroxylation sites is 1. The molecule has 8 nitrogen and oxygen atoms in total. The van der Waals surface area contributed by atoms with E-state index in [0.29, 0.717) is 27.7 Å². The van der Waals surface area contributed by atoms with Crippen molar-refractivity contribution in [3.05, 3.63) is 99.4 Å². The smallest absolute Gasteiger partial charge is 0.339 e. The second-order valence-corrected chi connectivity index (χ2v) is 7.91. The minimum absolute atomic E-state index is 0.0205. The molecule has 0 fully saturated rings. The first-order valence-corrected chi connectivity index (χ1v) is 10.6. The second-order valence-electron chi connectivity index (χ2n) is 7.91. The lowest BCUT2D eigenvalue weighted by Gasteiger charge is -2.11. The number of nitrogens with zero attached hydrogens (tertiary/aromatic N) is 2. The molecule has 0 spiro atoms. The number of esters is 1. The van der Waals surface area contributed by atoms with Gasteiger partial charge in [0.25, 0.3) is 11.6 Å². The molecule has 0 atom stereocenters. The molecule has 0 unspecified atom stereocenters. The standard InChI is InChI=1S/C26H20FN3O5/c1-15-11-23(24(30(33)34)12-16(15)2)29-25(31)14-35-26(32)20-13-22(17-7-9-18(27)10-8-17)28-21-6-4-3-5-19(20)21/h3-13H,14H2,1-2H3,(H,29,31). The summed E-state index contributed by atoms with van der Waals surface area (Å²) in [5.74, 6) is -1.89. The van der Waals surface area contributed by atoms with Crippen molar-refractivity contribution in [1.82, 2.24) is 4.98 Å². The maximum Gasteiger partial charge on any atom is 0.339 e. The molecule has 0 saturated heterocycles. The Morgan fingerprint density at radius 3 is 2.43 bits per heavy atom. The number of anilines is 1. The van der Waals surface area contributed by atoms with Gasteiger partial charge < -0.3 is 10.1 Å². The third kappa shape index (κ3) is 5.14. The predicted octanol–water partition coefficient (Wildman–Crippen LogP) is 5.36. The largest absolute Gasteiger partial charge is 0.452 e. The summed E-state index contributed by atoms with van der Waals surface area (Å²) in [5, 5.41) is 14.3. The number of nitro groups is 1. The Morgan fingerprint density at radius 2 is 1.71 bits per heavy atom. The number of carbonyl (C=O) groups is 2. The van der Waals surface area contributed by atoms with Gasteiger partial charge in [-0.1, -0.05) is 18.2 Å². The molecule has 3 aromatic carbocycles. The zero-order valence-electron chi connectivity index (χ0n) is 18.9. The molecule has 4 aromatic rings. The Balaban J connectivity index is 1.56. The molecule has 35 heavy (non-hydrogen) atoms. The van der Waals surface area contributed by atoms with Crippen molar-refractivity contribution in [3.8, 4) is 11.3 Å². The van der Waals surface area contributed by atoms with Gasteiger partial charge in [-0.3, -0.25) is 14.9 Å². The quantitative estimate of drug-likeness (QED) is 0.229. The van der Waals surface area contributed by atoms with Gasteiger partial charge in [0.05, 0.1) is 21.7 Å². The lowest BCUT2D eigenvalue weighted by atomic mass is 10.0. The monoisotopic (exact) mass is 473 g/mol. The number of amides is 1. The molecular weight excluding hydrogens is 453 g/mol. The molecule has 1 N–H and O–H groups in total. The normalized spacial score (nSPS) is 10.7. The molecule has 1 aromatic heterocycles. The molecule has 0 aliphatic rings. The van der Waals surface area contributed by atoms with Gasteiger partial charge in [-0.15, -0.1) is 0 Å². The molecule has 0 saturated carbocycles. The van der Waals surface area contributed by atoms with Crippen LogP contribution in [0.25, 0.3) is 22.2 Å². The lowest BCUT2D eigenvalue weighted by Crippen LogP contribution is -2.21. The Labute approximate surface area is 199 Å². The highest BCUT2D eigenvalue weighted by atomic mass is 19.1. The van der Waals surface area contributed by atoms with Crippen molar-refractivity contribution < 1.29 is 23.6 Å². The van der Waals surface area contributed by atoms with Crippen LogP contribution in [0.1, 0.15) is 21.5 Å². The zero-order valence-corrected chi connectivity index (χ0v) is 18.9. The third-order valence-electron chi connectivity index (χ3n) is 5.49. The minimum atomic E-state index is -0.767. The van der Waals surface area contributed by atoms with Crippen molar-refractivity contribution in [2.45, 2.75) is 13.8 Å². The molecular formula is C26H20FN3O5. The highest BCUT2D eigenvalue weighted by Gasteiger charge is 2.20. The van der Waals surface area contributed by atoms with E-state index in [9.17, 15) is 24.1 Å². The van der Waals surface area contributed by atoms with Gasteiger partial charge in [0.2, 0.25) is 0 Å². The summed E-state index contributed by atoms with van der Waals surface area (Å²) in [6.07, 6.45) is 0. The van der Waals surface area contributed by atoms with Crippen LogP contribution in [0.4, 0.5) is 15.8 Å². The van der Waals surface area contributed by atoms with E-state index in [-0.39, 0.29) is 16.9 Å². The van der Waals surface area contributed by atoms with Crippen LogP contribution in [0.2, 0.25) is 0 Å². The fourth-order valence-corrected chi connectivity index (χ4v) is 3.56. The van der Waals surface area contributed by atoms with Crippen LogP contribution in [-0.4, -0.2) is 28.4 Å². The molecule has 4 rings (SSSR count). The van der Waals surface area contributed by atoms with E-state index in [2.05, 4.69) is 10.3 Å². The number of hydrogen-bond donors (Lipinski definition) is 1. The molecule has 0 radical (unpaired) electrons. The van der Waals surface area contributed by atoms with Crippen LogP contribution >= 0.6 is 0 Å². The number of ether oxygens (including phenoxy) is 1. The van der Waals surface area contributed by atoms with E-state index in [1.165, 1.54) is 30.3 Å². The van der Waals surface area contributed by atoms with Crippen LogP contribution in [0, 0.1) is 29.8 Å². The Kier molecular flexibility index (Phi) is 6.50. The number of nitrogens with one attached hydrogen (secondary N) is 1. The first-order valence-electron chi connectivity index (χ1n) is 10.6. The van der Waals surface area contributed by atoms with E-state index in [1.807, 2.05) is 0 Å². The molecule has 0 aliphatic carbocycles. The third-order valence-corrected chi connectivity index (χ3v) is 5.49. The number of pyridine rings is 1. The minimum Gasteiger partial charge on any atom is -0.452 e. The topological polar surface area (TPSA) is 111 Å². The van der Waals surface area contributed by atoms with Crippen molar-refractivity contribution in [1.29, 1.82) is 0 Å². The van der Waals surface area contributed by atoms with Gasteiger partial charge in [-0.05, 0) is 67.4 Å². The number of carbonyl (C=O) groups excluding carboxylic acids is 2. The average molecular weight is 473 g/mol. The number of hydrogen-bond acceptors (Lipinski definition) is 6. The average Bonchev–Trinajstić information content (AvgIpc) is 2.84. The first-order chi connectivity index (χ1) is 16.7. The predicted molar refractivity (Wildman–Crippen MR) is 129 cm³/mol. The van der Waals surface area contributed by atoms with Gasteiger partial charge in [0.15, 0.2) is 6.61 Å². The zero-order chi connectivity index (χ0) is 25.1. The van der Waals surface area contributed by atoms with Crippen LogP contribution in [-0.2, 0) is 9.53 Å². The van der Waals surface area contributed by atoms with Crippen molar-refractivity contribution in [3.63, 3.8) is 0 Å². The van der Waals surface area contributed by atoms with Gasteiger partial charge in [0.1, 0.15) is 11.5 Å². The number of aromatic nitrogens is 1. The van der Waals surface area contributed by atoms with E-state index >= 15 is 0 Å². The summed E-state index contributed by atoms with van der Waals surface area (Å²) in [5.41, 5.74) is 2.99. The highest BCUT2D eigenvalue weighted by Crippen LogP contribution is 2.28. The highest BCUT2D eigenvalue weighted by molar-refractivity contribution is 6.05. The first kappa shape index (κ1) is 23.5. The van der Waals surface area contributed by atoms with E-state index < -0.39 is 29.2 Å². The molecule has 0 bridgehead atoms. The summed E-state index contributed by atoms with van der Waals surface area (Å²) in [6.45, 7) is 2.85. The molecule has 1 heterocycles. The van der Waals surface area contributed by atoms with E-state index in [0.717, 1.165) is 5.56 Å². The molecule has 9 heteroatoms. The molecule has 1 amide bonds. The van der Waals surface area contributed by atoms with Crippen LogP contribution < -0.4 is 5.32 Å². The summed E-state index contributed by atoms with van der Waals surface area (Å²) >= 11 is 0. The number of benzene rings is 3. The van der Waals surface area contributed by atoms with Gasteiger partial charge in [-0.25, -0.2) is 14.2 Å². The van der Waals surface area contributed by atoms with Gasteiger partial charge >= 0.3 is 5.97 Å². The maximum absolute atomic E-state index is 13.3. The Morgan fingerprint density at radius 1 is 1.03 bits per heavy atom. The number of nitro benzene ring substituents is 1. The summed E-state index contributed by atoms with van der Waals surface area (Å²) < 4.78 is 18.6. The summed E-state index contributed by atoms with van der Waals surface area (Å²) in [7, 11) is 0. The number of aryl methyl sites for hydroxylation is 2. The maximum atomic E-state index is 13.3. The van der Waals surface area contributed by atoms with E-state index in [4.69, 9.17) is 4.74 Å². The number of fused-ring (bicyclic) bond motifs is 1. The number of rotatable bonds is 6. The SMILES string of the molecule is Cc1cc(NC(=O)COC(=O)c2cc(-c3ccc(F)cc3)nc3ccccc23)c([N+](=O)[O-])cc1C. The van der Waals surface area contributed by atoms with Crippen LogP contribution in [0.3, 0.4) is 0 Å². The fraction of sp³-hybridized carbons (Fsp3) is 0.115. The number of halogens is 1. The van der Waals surface area contributed by atoms with Crippen molar-refractivity contribution in [2.24, 2.45) is 0 Å². The van der Waals surface area contributed by atoms with Crippen molar-refractivity contribution >= 4 is 34.2 Å². The van der Waals surface area contributed by atoms with Crippen LogP contribution in [0.15, 0.2) is 66.7 Å². The van der Waals surface area contributed by atoms with Gasteiger partial charge in [0, 0.05) is 17.0 Å². The Bertz CT molecular complexity index is 1470. The lowest BCUT2D eigenvalue weighted by molar-refractivity contribution is -0.384. The Hall–Kier alpha value is -4.66. The van der Waals surface area contributed by atoms with Crippen LogP contribution in [0.5, 0.6) is 0 Å². The second kappa shape index (κ2) is 9.68. The summed E-state index contributed by atoms with van der Waals surface area (Å²) in [4.78, 5) is 40.7.